The summed E-state index contributed by atoms with van der Waals surface area (Å²) in [5.74, 6) is 0. The van der Waals surface area contributed by atoms with E-state index in [0.29, 0.717) is 0 Å². The molecule has 0 aliphatic carbocycles. The largest absolute Gasteiger partial charge is 1.00 e. The Kier molecular flexibility index (Phi) is 22.5. The lowest BCUT2D eigenvalue weighted by molar-refractivity contribution is -1.07. The van der Waals surface area contributed by atoms with Crippen LogP contribution in [0.4, 0.5) is 0 Å². The van der Waals surface area contributed by atoms with Crippen LogP contribution in [0, 0.1) is 0 Å². The standard InChI is InChI=1S/C22H48NO.ClH/c1-4-5-6-7-8-9-10-11-12-13-14-15-16-17-18-19-20-21-22-23(2,3)24;/h24H,4-22H2,1-3H3;1H/q+1;/p-1. The number of halogens is 1. The van der Waals surface area contributed by atoms with Crippen molar-refractivity contribution >= 4 is 0 Å². The molecule has 0 rings (SSSR count). The molecule has 1 N–H and O–H groups in total. The second kappa shape index (κ2) is 20.5. The zero-order valence-corrected chi connectivity index (χ0v) is 18.5. The number of quaternary nitrogens is 1. The molecular formula is C22H48ClNO. The van der Waals surface area contributed by atoms with Crippen molar-refractivity contribution in [1.82, 2.24) is 0 Å². The Morgan fingerprint density at radius 2 is 0.720 bits per heavy atom. The van der Waals surface area contributed by atoms with Gasteiger partial charge in [-0.2, -0.15) is 4.65 Å². The molecule has 3 heteroatoms. The Labute approximate surface area is 165 Å². The molecule has 0 atom stereocenters. The van der Waals surface area contributed by atoms with Crippen LogP contribution in [-0.2, 0) is 0 Å². The van der Waals surface area contributed by atoms with Gasteiger partial charge in [0.15, 0.2) is 0 Å². The smallest absolute Gasteiger partial charge is 0.108 e. The summed E-state index contributed by atoms with van der Waals surface area (Å²) >= 11 is 0. The third kappa shape index (κ3) is 26.5. The summed E-state index contributed by atoms with van der Waals surface area (Å²) in [4.78, 5) is 0. The fourth-order valence-corrected chi connectivity index (χ4v) is 3.40. The van der Waals surface area contributed by atoms with E-state index in [0.717, 1.165) is 13.0 Å². The summed E-state index contributed by atoms with van der Waals surface area (Å²) in [6.45, 7) is 3.18. The van der Waals surface area contributed by atoms with Crippen LogP contribution in [0.1, 0.15) is 122 Å². The second-order valence-electron chi connectivity index (χ2n) is 8.36. The van der Waals surface area contributed by atoms with E-state index >= 15 is 0 Å². The highest BCUT2D eigenvalue weighted by molar-refractivity contribution is 4.50. The van der Waals surface area contributed by atoms with Gasteiger partial charge in [0, 0.05) is 0 Å². The van der Waals surface area contributed by atoms with Gasteiger partial charge in [0.2, 0.25) is 0 Å². The summed E-state index contributed by atoms with van der Waals surface area (Å²) < 4.78 is 0.124. The number of hydroxylamine groups is 3. The quantitative estimate of drug-likeness (QED) is 0.199. The van der Waals surface area contributed by atoms with Gasteiger partial charge in [-0.1, -0.05) is 110 Å². The summed E-state index contributed by atoms with van der Waals surface area (Å²) in [5.41, 5.74) is 0. The Balaban J connectivity index is 0. The molecule has 0 bridgehead atoms. The predicted octanol–water partition coefficient (Wildman–Crippen LogP) is 4.50. The highest BCUT2D eigenvalue weighted by Gasteiger charge is 2.08. The Hall–Kier alpha value is 0.210. The predicted molar refractivity (Wildman–Crippen MR) is 108 cm³/mol. The molecule has 0 unspecified atom stereocenters. The molecule has 0 aromatic carbocycles. The maximum atomic E-state index is 9.59. The molecule has 25 heavy (non-hydrogen) atoms. The van der Waals surface area contributed by atoms with Crippen molar-refractivity contribution in [3.8, 4) is 0 Å². The molecule has 0 spiro atoms. The molecule has 0 saturated heterocycles. The number of unbranched alkanes of at least 4 members (excludes halogenated alkanes) is 17. The van der Waals surface area contributed by atoms with Crippen LogP contribution in [-0.4, -0.2) is 30.5 Å². The van der Waals surface area contributed by atoms with Gasteiger partial charge in [0.25, 0.3) is 0 Å². The summed E-state index contributed by atoms with van der Waals surface area (Å²) in [6.07, 6.45) is 25.4. The van der Waals surface area contributed by atoms with Crippen LogP contribution in [0.2, 0.25) is 0 Å². The third-order valence-corrected chi connectivity index (χ3v) is 5.06. The number of hydrogen-bond donors (Lipinski definition) is 1. The first kappa shape index (κ1) is 27.4. The first-order chi connectivity index (χ1) is 11.6. The molecule has 0 aliphatic rings. The van der Waals surface area contributed by atoms with Gasteiger partial charge in [0.05, 0.1) is 14.1 Å². The fraction of sp³-hybridized carbons (Fsp3) is 1.00. The molecular weight excluding hydrogens is 330 g/mol. The maximum absolute atomic E-state index is 9.59. The van der Waals surface area contributed by atoms with Gasteiger partial charge in [-0.25, -0.2) is 5.21 Å². The minimum atomic E-state index is 0. The van der Waals surface area contributed by atoms with Crippen molar-refractivity contribution in [3.05, 3.63) is 0 Å². The van der Waals surface area contributed by atoms with E-state index in [4.69, 9.17) is 0 Å². The SMILES string of the molecule is CCCCCCCCCCCCCCCCCCCC[N+](C)(C)O.[Cl-]. The zero-order valence-electron chi connectivity index (χ0n) is 17.7. The monoisotopic (exact) mass is 377 g/mol. The fourth-order valence-electron chi connectivity index (χ4n) is 3.40. The Bertz CT molecular complexity index is 241. The molecule has 0 saturated carbocycles. The molecule has 154 valence electrons. The molecule has 0 aromatic rings. The van der Waals surface area contributed by atoms with Crippen molar-refractivity contribution in [2.24, 2.45) is 0 Å². The van der Waals surface area contributed by atoms with E-state index < -0.39 is 0 Å². The van der Waals surface area contributed by atoms with Crippen LogP contribution >= 0.6 is 0 Å². The Morgan fingerprint density at radius 3 is 0.960 bits per heavy atom. The van der Waals surface area contributed by atoms with Crippen molar-refractivity contribution < 1.29 is 22.3 Å². The van der Waals surface area contributed by atoms with E-state index in [1.165, 1.54) is 109 Å². The van der Waals surface area contributed by atoms with E-state index in [2.05, 4.69) is 6.92 Å². The zero-order chi connectivity index (χ0) is 17.9. The average Bonchev–Trinajstić information content (AvgIpc) is 2.52. The van der Waals surface area contributed by atoms with Gasteiger partial charge in [-0.05, 0) is 12.8 Å². The molecule has 0 aromatic heterocycles. The average molecular weight is 378 g/mol. The maximum Gasteiger partial charge on any atom is 0.108 e. The van der Waals surface area contributed by atoms with Crippen molar-refractivity contribution in [2.75, 3.05) is 20.6 Å². The topological polar surface area (TPSA) is 20.2 Å². The molecule has 0 amide bonds. The number of nitrogens with zero attached hydrogens (tertiary/aromatic N) is 1. The van der Waals surface area contributed by atoms with Gasteiger partial charge in [0.1, 0.15) is 6.54 Å². The van der Waals surface area contributed by atoms with Crippen molar-refractivity contribution in [2.45, 2.75) is 122 Å². The van der Waals surface area contributed by atoms with Crippen molar-refractivity contribution in [3.63, 3.8) is 0 Å². The lowest BCUT2D eigenvalue weighted by Crippen LogP contribution is -3.00. The third-order valence-electron chi connectivity index (χ3n) is 5.06. The normalized spacial score (nSPS) is 11.5. The first-order valence-electron chi connectivity index (χ1n) is 11.1. The van der Waals surface area contributed by atoms with Crippen LogP contribution in [0.25, 0.3) is 0 Å². The van der Waals surface area contributed by atoms with Crippen LogP contribution in [0.5, 0.6) is 0 Å². The number of hydrogen-bond acceptors (Lipinski definition) is 1. The Morgan fingerprint density at radius 1 is 0.480 bits per heavy atom. The highest BCUT2D eigenvalue weighted by atomic mass is 35.5. The summed E-state index contributed by atoms with van der Waals surface area (Å²) in [7, 11) is 3.71. The second-order valence-corrected chi connectivity index (χ2v) is 8.36. The van der Waals surface area contributed by atoms with E-state index in [1.807, 2.05) is 14.1 Å². The molecule has 0 radical (unpaired) electrons. The van der Waals surface area contributed by atoms with E-state index in [-0.39, 0.29) is 17.1 Å². The highest BCUT2D eigenvalue weighted by Crippen LogP contribution is 2.14. The minimum Gasteiger partial charge on any atom is -1.00 e. The molecule has 0 fully saturated rings. The van der Waals surface area contributed by atoms with Gasteiger partial charge >= 0.3 is 0 Å². The van der Waals surface area contributed by atoms with Crippen LogP contribution in [0.3, 0.4) is 0 Å². The number of rotatable bonds is 19. The van der Waals surface area contributed by atoms with E-state index in [1.54, 1.807) is 0 Å². The van der Waals surface area contributed by atoms with Gasteiger partial charge in [-0.3, -0.25) is 0 Å². The lowest BCUT2D eigenvalue weighted by Gasteiger charge is -2.18. The molecule has 0 heterocycles. The summed E-state index contributed by atoms with van der Waals surface area (Å²) in [5, 5.41) is 9.59. The van der Waals surface area contributed by atoms with E-state index in [9.17, 15) is 5.21 Å². The lowest BCUT2D eigenvalue weighted by atomic mass is 10.0. The first-order valence-corrected chi connectivity index (χ1v) is 11.1. The molecule has 2 nitrogen and oxygen atoms in total. The van der Waals surface area contributed by atoms with Crippen LogP contribution in [0.15, 0.2) is 0 Å². The van der Waals surface area contributed by atoms with Crippen LogP contribution < -0.4 is 12.4 Å². The summed E-state index contributed by atoms with van der Waals surface area (Å²) in [6, 6.07) is 0. The van der Waals surface area contributed by atoms with Gasteiger partial charge in [-0.15, -0.1) is 0 Å². The molecule has 0 aliphatic heterocycles. The van der Waals surface area contributed by atoms with Gasteiger partial charge < -0.3 is 12.4 Å². The van der Waals surface area contributed by atoms with Crippen molar-refractivity contribution in [1.29, 1.82) is 0 Å². The minimum absolute atomic E-state index is 0.